The van der Waals surface area contributed by atoms with Crippen LogP contribution in [0.3, 0.4) is 0 Å². The van der Waals surface area contributed by atoms with Gasteiger partial charge in [0.25, 0.3) is 5.91 Å². The number of halogens is 1. The van der Waals surface area contributed by atoms with Crippen molar-refractivity contribution in [2.75, 3.05) is 26.7 Å². The van der Waals surface area contributed by atoms with E-state index in [-0.39, 0.29) is 23.7 Å². The molecule has 0 radical (unpaired) electrons. The number of imide groups is 1. The van der Waals surface area contributed by atoms with E-state index in [9.17, 15) is 14.0 Å². The Kier molecular flexibility index (Phi) is 5.54. The van der Waals surface area contributed by atoms with Crippen LogP contribution in [0.2, 0.25) is 0 Å². The highest BCUT2D eigenvalue weighted by atomic mass is 19.1. The van der Waals surface area contributed by atoms with Gasteiger partial charge in [-0.1, -0.05) is 0 Å². The zero-order chi connectivity index (χ0) is 17.0. The van der Waals surface area contributed by atoms with Crippen LogP contribution in [0, 0.1) is 5.82 Å². The van der Waals surface area contributed by atoms with Gasteiger partial charge in [0, 0.05) is 18.7 Å². The van der Waals surface area contributed by atoms with Gasteiger partial charge in [0.05, 0.1) is 13.7 Å². The van der Waals surface area contributed by atoms with Crippen molar-refractivity contribution in [1.82, 2.24) is 10.2 Å². The maximum atomic E-state index is 13.8. The Labute approximate surface area is 135 Å². The number of urea groups is 1. The molecule has 0 aliphatic carbocycles. The Morgan fingerprint density at radius 2 is 2.26 bits per heavy atom. The van der Waals surface area contributed by atoms with Gasteiger partial charge in [0.1, 0.15) is 6.54 Å². The summed E-state index contributed by atoms with van der Waals surface area (Å²) in [6.07, 6.45) is 0. The second-order valence-corrected chi connectivity index (χ2v) is 5.60. The van der Waals surface area contributed by atoms with Gasteiger partial charge in [-0.15, -0.1) is 0 Å². The summed E-state index contributed by atoms with van der Waals surface area (Å²) in [5, 5.41) is 2.63. The van der Waals surface area contributed by atoms with E-state index in [4.69, 9.17) is 4.74 Å². The average Bonchev–Trinajstić information content (AvgIpc) is 2.97. The molecular formula is C16H23FN3O3+. The molecular weight excluding hydrogens is 301 g/mol. The number of hydrogen-bond donors (Lipinski definition) is 2. The lowest BCUT2D eigenvalue weighted by molar-refractivity contribution is -0.926. The number of hydrogen-bond acceptors (Lipinski definition) is 3. The van der Waals surface area contributed by atoms with Gasteiger partial charge in [-0.25, -0.2) is 9.18 Å². The molecule has 1 aromatic rings. The molecule has 1 aliphatic heterocycles. The lowest BCUT2D eigenvalue weighted by Gasteiger charge is -2.26. The van der Waals surface area contributed by atoms with Crippen molar-refractivity contribution in [3.8, 4) is 5.75 Å². The normalized spacial score (nSPS) is 16.9. The topological polar surface area (TPSA) is 63.1 Å². The first-order valence-electron chi connectivity index (χ1n) is 7.74. The molecule has 0 spiro atoms. The van der Waals surface area contributed by atoms with Crippen molar-refractivity contribution in [3.63, 3.8) is 0 Å². The van der Waals surface area contributed by atoms with Gasteiger partial charge >= 0.3 is 6.03 Å². The summed E-state index contributed by atoms with van der Waals surface area (Å²) >= 11 is 0. The van der Waals surface area contributed by atoms with Crippen LogP contribution < -0.4 is 15.0 Å². The van der Waals surface area contributed by atoms with Crippen LogP contribution in [0.4, 0.5) is 9.18 Å². The minimum absolute atomic E-state index is 0.199. The molecule has 2 N–H and O–H groups in total. The Hall–Kier alpha value is -2.15. The summed E-state index contributed by atoms with van der Waals surface area (Å²) < 4.78 is 18.7. The van der Waals surface area contributed by atoms with Gasteiger partial charge < -0.3 is 15.0 Å². The maximum absolute atomic E-state index is 13.8. The highest BCUT2D eigenvalue weighted by molar-refractivity contribution is 5.97. The third-order valence-electron chi connectivity index (χ3n) is 4.21. The smallest absolute Gasteiger partial charge is 0.324 e. The first-order chi connectivity index (χ1) is 11.0. The number of quaternary nitrogens is 1. The minimum atomic E-state index is -0.418. The van der Waals surface area contributed by atoms with Gasteiger partial charge in [-0.3, -0.25) is 9.69 Å². The monoisotopic (exact) mass is 324 g/mol. The summed E-state index contributed by atoms with van der Waals surface area (Å²) in [7, 11) is 1.42. The van der Waals surface area contributed by atoms with E-state index in [0.29, 0.717) is 26.2 Å². The fraction of sp³-hybridized carbons (Fsp3) is 0.500. The molecule has 1 unspecified atom stereocenters. The molecule has 1 fully saturated rings. The highest BCUT2D eigenvalue weighted by Crippen LogP contribution is 2.17. The van der Waals surface area contributed by atoms with E-state index >= 15 is 0 Å². The zero-order valence-electron chi connectivity index (χ0n) is 13.7. The van der Waals surface area contributed by atoms with Gasteiger partial charge in [0.15, 0.2) is 17.6 Å². The molecule has 0 bridgehead atoms. The summed E-state index contributed by atoms with van der Waals surface area (Å²) in [5.41, 5.74) is 0.783. The lowest BCUT2D eigenvalue weighted by Crippen LogP contribution is -3.15. The molecule has 0 saturated carbocycles. The summed E-state index contributed by atoms with van der Waals surface area (Å²) in [6.45, 7) is 5.84. The highest BCUT2D eigenvalue weighted by Gasteiger charge is 2.34. The fourth-order valence-electron chi connectivity index (χ4n) is 2.76. The molecule has 7 heteroatoms. The molecule has 0 aromatic heterocycles. The van der Waals surface area contributed by atoms with Crippen molar-refractivity contribution in [1.29, 1.82) is 0 Å². The van der Waals surface area contributed by atoms with E-state index in [2.05, 4.69) is 5.32 Å². The molecule has 1 heterocycles. The van der Waals surface area contributed by atoms with Crippen molar-refractivity contribution in [3.05, 3.63) is 29.6 Å². The number of rotatable bonds is 6. The second kappa shape index (κ2) is 7.41. The fourth-order valence-corrected chi connectivity index (χ4v) is 2.76. The predicted octanol–water partition coefficient (Wildman–Crippen LogP) is 0.179. The molecule has 2 atom stereocenters. The third kappa shape index (κ3) is 3.79. The van der Waals surface area contributed by atoms with Crippen molar-refractivity contribution >= 4 is 11.9 Å². The number of carbonyl (C=O) groups excluding carboxylic acids is 2. The van der Waals surface area contributed by atoms with E-state index in [1.807, 2.05) is 6.92 Å². The van der Waals surface area contributed by atoms with Crippen LogP contribution in [0.5, 0.6) is 5.75 Å². The molecule has 6 nitrogen and oxygen atoms in total. The largest absolute Gasteiger partial charge is 0.494 e. The Morgan fingerprint density at radius 3 is 2.78 bits per heavy atom. The van der Waals surface area contributed by atoms with E-state index in [0.717, 1.165) is 10.5 Å². The Balaban J connectivity index is 2.08. The zero-order valence-corrected chi connectivity index (χ0v) is 13.7. The van der Waals surface area contributed by atoms with Crippen LogP contribution in [0.1, 0.15) is 19.4 Å². The molecule has 1 aliphatic rings. The van der Waals surface area contributed by atoms with Crippen molar-refractivity contribution in [2.24, 2.45) is 0 Å². The van der Waals surface area contributed by atoms with Crippen LogP contribution in [0.25, 0.3) is 0 Å². The number of methoxy groups -OCH3 is 1. The number of amides is 3. The first kappa shape index (κ1) is 17.2. The lowest BCUT2D eigenvalue weighted by atomic mass is 10.1. The number of nitrogens with zero attached hydrogens (tertiary/aromatic N) is 1. The van der Waals surface area contributed by atoms with Gasteiger partial charge in [-0.2, -0.15) is 0 Å². The van der Waals surface area contributed by atoms with E-state index < -0.39 is 5.82 Å². The average molecular weight is 324 g/mol. The maximum Gasteiger partial charge on any atom is 0.324 e. The Bertz CT molecular complexity index is 594. The number of benzene rings is 1. The van der Waals surface area contributed by atoms with Crippen LogP contribution in [-0.2, 0) is 11.3 Å². The quantitative estimate of drug-likeness (QED) is 0.785. The van der Waals surface area contributed by atoms with E-state index in [1.54, 1.807) is 19.1 Å². The van der Waals surface area contributed by atoms with Crippen LogP contribution >= 0.6 is 0 Å². The SMILES string of the molecule is CC[NH+](Cc1ccc(OC)c(F)c1)[C@@H](C)C(=O)N1CCNC1=O. The van der Waals surface area contributed by atoms with Gasteiger partial charge in [0.2, 0.25) is 0 Å². The minimum Gasteiger partial charge on any atom is -0.494 e. The van der Waals surface area contributed by atoms with Crippen LogP contribution in [0.15, 0.2) is 18.2 Å². The predicted molar refractivity (Wildman–Crippen MR) is 82.7 cm³/mol. The van der Waals surface area contributed by atoms with Gasteiger partial charge in [-0.05, 0) is 32.0 Å². The van der Waals surface area contributed by atoms with Crippen molar-refractivity contribution in [2.45, 2.75) is 26.4 Å². The second-order valence-electron chi connectivity index (χ2n) is 5.60. The number of carbonyl (C=O) groups is 2. The number of likely N-dealkylation sites (N-methyl/N-ethyl adjacent to an activating group) is 1. The molecule has 1 saturated heterocycles. The van der Waals surface area contributed by atoms with E-state index in [1.165, 1.54) is 18.1 Å². The Morgan fingerprint density at radius 1 is 1.52 bits per heavy atom. The molecule has 23 heavy (non-hydrogen) atoms. The first-order valence-corrected chi connectivity index (χ1v) is 7.74. The number of ether oxygens (including phenoxy) is 1. The summed E-state index contributed by atoms with van der Waals surface area (Å²) in [5.74, 6) is -0.422. The van der Waals surface area contributed by atoms with Crippen LogP contribution in [-0.4, -0.2) is 49.6 Å². The molecule has 3 amide bonds. The molecule has 1 aromatic carbocycles. The standard InChI is InChI=1S/C16H22FN3O3/c1-4-19(10-12-5-6-14(23-3)13(17)9-12)11(2)15(21)20-8-7-18-16(20)22/h5-6,9,11H,4,7-8,10H2,1-3H3,(H,18,22)/p+1/t11-/m0/s1. The number of nitrogens with one attached hydrogen (secondary N) is 2. The summed E-state index contributed by atoms with van der Waals surface area (Å²) in [6, 6.07) is 4.08. The van der Waals surface area contributed by atoms with Crippen molar-refractivity contribution < 1.29 is 23.6 Å². The molecule has 2 rings (SSSR count). The molecule has 126 valence electrons. The summed E-state index contributed by atoms with van der Waals surface area (Å²) in [4.78, 5) is 26.3. The third-order valence-corrected chi connectivity index (χ3v) is 4.21.